The number of rotatable bonds is 5. The monoisotopic (exact) mass is 258 g/mol. The molecular formula is C7H5Cl3O4. The second-order valence-corrected chi connectivity index (χ2v) is 3.53. The van der Waals surface area contributed by atoms with E-state index in [1.54, 1.807) is 0 Å². The molecule has 4 nitrogen and oxygen atoms in total. The predicted octanol–water partition coefficient (Wildman–Crippen LogP) is 0.960. The molecule has 78 valence electrons. The number of hydrogen-bond acceptors (Lipinski definition) is 4. The van der Waals surface area contributed by atoms with Gasteiger partial charge in [0.15, 0.2) is 5.60 Å². The van der Waals surface area contributed by atoms with E-state index >= 15 is 0 Å². The lowest BCUT2D eigenvalue weighted by molar-refractivity contribution is -0.131. The van der Waals surface area contributed by atoms with Crippen LogP contribution >= 0.6 is 34.8 Å². The average molecular weight is 259 g/mol. The minimum Gasteiger partial charge on any atom is -0.375 e. The van der Waals surface area contributed by atoms with Crippen LogP contribution < -0.4 is 0 Å². The summed E-state index contributed by atoms with van der Waals surface area (Å²) >= 11 is 14.9. The molecule has 1 N–H and O–H groups in total. The van der Waals surface area contributed by atoms with E-state index in [1.807, 2.05) is 0 Å². The summed E-state index contributed by atoms with van der Waals surface area (Å²) in [5, 5.41) is 5.96. The van der Waals surface area contributed by atoms with Gasteiger partial charge in [0.25, 0.3) is 10.5 Å². The lowest BCUT2D eigenvalue weighted by atomic mass is 9.94. The van der Waals surface area contributed by atoms with Crippen LogP contribution in [0.5, 0.6) is 0 Å². The molecule has 0 aliphatic rings. The smallest absolute Gasteiger partial charge is 0.258 e. The van der Waals surface area contributed by atoms with Gasteiger partial charge in [-0.1, -0.05) is 6.58 Å². The first-order chi connectivity index (χ1) is 6.21. The van der Waals surface area contributed by atoms with E-state index in [4.69, 9.17) is 34.8 Å². The van der Waals surface area contributed by atoms with Gasteiger partial charge in [0.05, 0.1) is 6.42 Å². The number of hydrogen-bond donors (Lipinski definition) is 1. The van der Waals surface area contributed by atoms with Crippen molar-refractivity contribution >= 4 is 50.5 Å². The number of carbonyl (C=O) groups excluding carboxylic acids is 3. The molecule has 0 aromatic carbocycles. The van der Waals surface area contributed by atoms with Crippen molar-refractivity contribution in [3.8, 4) is 0 Å². The molecule has 7 heteroatoms. The largest absolute Gasteiger partial charge is 0.375 e. The van der Waals surface area contributed by atoms with Gasteiger partial charge in [0.2, 0.25) is 5.24 Å². The Bertz CT molecular complexity index is 312. The summed E-state index contributed by atoms with van der Waals surface area (Å²) in [6.45, 7) is 3.05. The topological polar surface area (TPSA) is 71.4 Å². The molecular weight excluding hydrogens is 254 g/mol. The molecule has 0 aromatic heterocycles. The molecule has 0 radical (unpaired) electrons. The lowest BCUT2D eigenvalue weighted by Gasteiger charge is -2.21. The molecule has 1 atom stereocenters. The van der Waals surface area contributed by atoms with E-state index in [2.05, 4.69) is 6.58 Å². The Morgan fingerprint density at radius 1 is 1.21 bits per heavy atom. The van der Waals surface area contributed by atoms with Crippen LogP contribution in [-0.2, 0) is 14.4 Å². The minimum absolute atomic E-state index is 0.687. The van der Waals surface area contributed by atoms with Crippen molar-refractivity contribution in [2.45, 2.75) is 12.0 Å². The average Bonchev–Trinajstić information content (AvgIpc) is 2.00. The zero-order chi connectivity index (χ0) is 11.5. The maximum absolute atomic E-state index is 10.8. The molecule has 0 saturated heterocycles. The Morgan fingerprint density at radius 2 is 1.64 bits per heavy atom. The molecule has 1 unspecified atom stereocenters. The summed E-state index contributed by atoms with van der Waals surface area (Å²) in [6.07, 6.45) is -0.853. The summed E-state index contributed by atoms with van der Waals surface area (Å²) in [5.41, 5.74) is -3.22. The molecule has 0 rings (SSSR count). The van der Waals surface area contributed by atoms with Gasteiger partial charge >= 0.3 is 0 Å². The van der Waals surface area contributed by atoms with Crippen LogP contribution in [0.3, 0.4) is 0 Å². The van der Waals surface area contributed by atoms with E-state index in [0.717, 1.165) is 0 Å². The highest BCUT2D eigenvalue weighted by Crippen LogP contribution is 2.25. The van der Waals surface area contributed by atoms with Crippen molar-refractivity contribution in [2.24, 2.45) is 0 Å². The van der Waals surface area contributed by atoms with Crippen molar-refractivity contribution in [1.82, 2.24) is 0 Å². The van der Waals surface area contributed by atoms with Crippen LogP contribution in [0, 0.1) is 0 Å². The Hall–Kier alpha value is -0.420. The maximum Gasteiger partial charge on any atom is 0.258 e. The summed E-state index contributed by atoms with van der Waals surface area (Å²) in [5.74, 6) is 0. The van der Waals surface area contributed by atoms with Gasteiger partial charge in [-0.05, 0) is 34.8 Å². The SMILES string of the molecule is C=C(C(=O)Cl)C(O)(CC(=O)Cl)C(=O)Cl. The van der Waals surface area contributed by atoms with Crippen LogP contribution in [0.4, 0.5) is 0 Å². The highest BCUT2D eigenvalue weighted by molar-refractivity contribution is 6.72. The van der Waals surface area contributed by atoms with E-state index in [0.29, 0.717) is 0 Å². The van der Waals surface area contributed by atoms with Crippen LogP contribution in [0.1, 0.15) is 6.42 Å². The summed E-state index contributed by atoms with van der Waals surface area (Å²) in [7, 11) is 0. The number of aliphatic hydroxyl groups is 1. The van der Waals surface area contributed by atoms with Crippen molar-refractivity contribution in [3.05, 3.63) is 12.2 Å². The van der Waals surface area contributed by atoms with Crippen molar-refractivity contribution in [1.29, 1.82) is 0 Å². The standard InChI is InChI=1S/C7H5Cl3O4/c1-3(5(9)12)7(14,6(10)13)2-4(8)11/h14H,1-2H2. The third-order valence-electron chi connectivity index (χ3n) is 1.46. The van der Waals surface area contributed by atoms with E-state index < -0.39 is 33.3 Å². The van der Waals surface area contributed by atoms with Gasteiger partial charge in [-0.2, -0.15) is 0 Å². The molecule has 0 fully saturated rings. The van der Waals surface area contributed by atoms with E-state index in [9.17, 15) is 19.5 Å². The van der Waals surface area contributed by atoms with Gasteiger partial charge in [0, 0.05) is 5.57 Å². The second-order valence-electron chi connectivity index (χ2n) is 2.42. The quantitative estimate of drug-likeness (QED) is 0.590. The second kappa shape index (κ2) is 4.89. The van der Waals surface area contributed by atoms with Crippen LogP contribution in [0.2, 0.25) is 0 Å². The normalized spacial score (nSPS) is 14.3. The van der Waals surface area contributed by atoms with Crippen LogP contribution in [0.25, 0.3) is 0 Å². The first-order valence-electron chi connectivity index (χ1n) is 3.21. The Morgan fingerprint density at radius 3 is 1.86 bits per heavy atom. The van der Waals surface area contributed by atoms with Crippen LogP contribution in [0.15, 0.2) is 12.2 Å². The molecule has 0 amide bonds. The summed E-state index contributed by atoms with van der Waals surface area (Å²) in [6, 6.07) is 0. The highest BCUT2D eigenvalue weighted by atomic mass is 35.5. The molecule has 14 heavy (non-hydrogen) atoms. The molecule has 0 aliphatic carbocycles. The van der Waals surface area contributed by atoms with Crippen molar-refractivity contribution in [3.63, 3.8) is 0 Å². The molecule has 0 saturated carbocycles. The number of halogens is 3. The first kappa shape index (κ1) is 13.6. The molecule has 0 aromatic rings. The lowest BCUT2D eigenvalue weighted by Crippen LogP contribution is -2.41. The van der Waals surface area contributed by atoms with Gasteiger partial charge in [-0.25, -0.2) is 0 Å². The molecule has 0 heterocycles. The third-order valence-corrected chi connectivity index (χ3v) is 2.13. The van der Waals surface area contributed by atoms with Crippen molar-refractivity contribution < 1.29 is 19.5 Å². The zero-order valence-electron chi connectivity index (χ0n) is 6.72. The Labute approximate surface area is 94.4 Å². The van der Waals surface area contributed by atoms with Gasteiger partial charge < -0.3 is 5.11 Å². The summed E-state index contributed by atoms with van der Waals surface area (Å²) < 4.78 is 0. The zero-order valence-corrected chi connectivity index (χ0v) is 8.99. The predicted molar refractivity (Wildman–Crippen MR) is 51.3 cm³/mol. The van der Waals surface area contributed by atoms with Crippen LogP contribution in [-0.4, -0.2) is 26.4 Å². The van der Waals surface area contributed by atoms with E-state index in [-0.39, 0.29) is 0 Å². The molecule has 0 bridgehead atoms. The van der Waals surface area contributed by atoms with Gasteiger partial charge in [-0.3, -0.25) is 14.4 Å². The summed E-state index contributed by atoms with van der Waals surface area (Å²) in [4.78, 5) is 31.9. The van der Waals surface area contributed by atoms with E-state index in [1.165, 1.54) is 0 Å². The van der Waals surface area contributed by atoms with Crippen molar-refractivity contribution in [2.75, 3.05) is 0 Å². The molecule has 0 aliphatic heterocycles. The third kappa shape index (κ3) is 3.06. The minimum atomic E-state index is -2.53. The fourth-order valence-corrected chi connectivity index (χ4v) is 1.19. The first-order valence-corrected chi connectivity index (χ1v) is 4.35. The fourth-order valence-electron chi connectivity index (χ4n) is 0.659. The molecule has 0 spiro atoms. The number of carbonyl (C=O) groups is 3. The Kier molecular flexibility index (Phi) is 4.74. The highest BCUT2D eigenvalue weighted by Gasteiger charge is 2.42. The fraction of sp³-hybridized carbons (Fsp3) is 0.286. The Balaban J connectivity index is 5.10. The van der Waals surface area contributed by atoms with Gasteiger partial charge in [-0.15, -0.1) is 0 Å². The van der Waals surface area contributed by atoms with Gasteiger partial charge in [0.1, 0.15) is 0 Å². The maximum atomic E-state index is 10.8.